The predicted molar refractivity (Wildman–Crippen MR) is 84.7 cm³/mol. The van der Waals surface area contributed by atoms with Crippen molar-refractivity contribution in [1.82, 2.24) is 4.98 Å². The van der Waals surface area contributed by atoms with Crippen LogP contribution in [0.15, 0.2) is 41.6 Å². The van der Waals surface area contributed by atoms with Crippen molar-refractivity contribution >= 4 is 40.0 Å². The number of carbonyl (C=O) groups is 2. The van der Waals surface area contributed by atoms with Gasteiger partial charge >= 0.3 is 0 Å². The summed E-state index contributed by atoms with van der Waals surface area (Å²) in [5.41, 5.74) is 2.45. The zero-order valence-electron chi connectivity index (χ0n) is 11.8. The van der Waals surface area contributed by atoms with Gasteiger partial charge < -0.3 is 0 Å². The molecule has 1 aliphatic carbocycles. The first-order valence-electron chi connectivity index (χ1n) is 7.32. The normalized spacial score (nSPS) is 18.3. The second-order valence-corrected chi connectivity index (χ2v) is 5.98. The van der Waals surface area contributed by atoms with Crippen molar-refractivity contribution in [3.8, 4) is 0 Å². The summed E-state index contributed by atoms with van der Waals surface area (Å²) in [5.74, 6) is -0.400. The van der Waals surface area contributed by atoms with E-state index in [0.29, 0.717) is 40.2 Å². The number of fused-ring (bicyclic) bond motifs is 1. The summed E-state index contributed by atoms with van der Waals surface area (Å²) in [4.78, 5) is 30.9. The summed E-state index contributed by atoms with van der Waals surface area (Å²) < 4.78 is 0. The predicted octanol–water partition coefficient (Wildman–Crippen LogP) is 3.63. The molecule has 5 heteroatoms. The SMILES string of the molecule is O=C1C2=C(CCCC2)C(=O)N1c1ccc(Cl)c2cccnc12. The van der Waals surface area contributed by atoms with Gasteiger partial charge in [0.2, 0.25) is 0 Å². The number of imide groups is 1. The van der Waals surface area contributed by atoms with Crippen LogP contribution in [-0.4, -0.2) is 16.8 Å². The molecule has 0 spiro atoms. The molecule has 0 N–H and O–H groups in total. The molecule has 2 heterocycles. The minimum Gasteiger partial charge on any atom is -0.269 e. The molecule has 110 valence electrons. The second kappa shape index (κ2) is 4.92. The van der Waals surface area contributed by atoms with Gasteiger partial charge in [0.05, 0.1) is 16.2 Å². The quantitative estimate of drug-likeness (QED) is 0.755. The maximum atomic E-state index is 12.7. The van der Waals surface area contributed by atoms with Gasteiger partial charge in [-0.2, -0.15) is 0 Å². The van der Waals surface area contributed by atoms with E-state index in [1.54, 1.807) is 24.4 Å². The number of carbonyl (C=O) groups excluding carboxylic acids is 2. The highest BCUT2D eigenvalue weighted by Gasteiger charge is 2.40. The Bertz CT molecular complexity index is 829. The minimum atomic E-state index is -0.200. The van der Waals surface area contributed by atoms with E-state index < -0.39 is 0 Å². The number of amides is 2. The fourth-order valence-electron chi connectivity index (χ4n) is 3.26. The highest BCUT2D eigenvalue weighted by Crippen LogP contribution is 2.38. The fourth-order valence-corrected chi connectivity index (χ4v) is 3.48. The van der Waals surface area contributed by atoms with Crippen molar-refractivity contribution in [3.05, 3.63) is 46.6 Å². The zero-order chi connectivity index (χ0) is 15.3. The van der Waals surface area contributed by atoms with Gasteiger partial charge in [0.25, 0.3) is 11.8 Å². The topological polar surface area (TPSA) is 50.3 Å². The molecule has 2 amide bonds. The van der Waals surface area contributed by atoms with Gasteiger partial charge in [-0.3, -0.25) is 14.6 Å². The standard InChI is InChI=1S/C17H13ClN2O2/c18-13-7-8-14(15-12(13)6-3-9-19-15)20-16(21)10-4-1-2-5-11(10)17(20)22/h3,6-9H,1-2,4-5H2. The number of benzene rings is 1. The lowest BCUT2D eigenvalue weighted by Gasteiger charge is -2.17. The maximum absolute atomic E-state index is 12.7. The van der Waals surface area contributed by atoms with Gasteiger partial charge in [-0.05, 0) is 49.9 Å². The van der Waals surface area contributed by atoms with E-state index in [1.807, 2.05) is 6.07 Å². The van der Waals surface area contributed by atoms with Crippen LogP contribution in [0.3, 0.4) is 0 Å². The number of nitrogens with zero attached hydrogens (tertiary/aromatic N) is 2. The van der Waals surface area contributed by atoms with E-state index >= 15 is 0 Å². The van der Waals surface area contributed by atoms with E-state index in [4.69, 9.17) is 11.6 Å². The van der Waals surface area contributed by atoms with E-state index in [-0.39, 0.29) is 11.8 Å². The molecule has 22 heavy (non-hydrogen) atoms. The Balaban J connectivity index is 1.89. The molecular formula is C17H13ClN2O2. The average Bonchev–Trinajstić information content (AvgIpc) is 2.81. The molecule has 4 nitrogen and oxygen atoms in total. The number of hydrogen-bond donors (Lipinski definition) is 0. The number of halogens is 1. The number of hydrogen-bond acceptors (Lipinski definition) is 3. The number of anilines is 1. The van der Waals surface area contributed by atoms with Crippen LogP contribution in [0.1, 0.15) is 25.7 Å². The zero-order valence-corrected chi connectivity index (χ0v) is 12.6. The van der Waals surface area contributed by atoms with Crippen molar-refractivity contribution in [2.75, 3.05) is 4.90 Å². The first kappa shape index (κ1) is 13.5. The van der Waals surface area contributed by atoms with Crippen molar-refractivity contribution in [3.63, 3.8) is 0 Å². The van der Waals surface area contributed by atoms with Gasteiger partial charge in [-0.25, -0.2) is 4.90 Å². The van der Waals surface area contributed by atoms with Gasteiger partial charge in [-0.1, -0.05) is 11.6 Å². The Kier molecular flexibility index (Phi) is 3.01. The summed E-state index contributed by atoms with van der Waals surface area (Å²) in [6.07, 6.45) is 4.95. The highest BCUT2D eigenvalue weighted by atomic mass is 35.5. The molecule has 2 aromatic rings. The van der Waals surface area contributed by atoms with E-state index in [2.05, 4.69) is 4.98 Å². The summed E-state index contributed by atoms with van der Waals surface area (Å²) in [5, 5.41) is 1.30. The van der Waals surface area contributed by atoms with Crippen molar-refractivity contribution < 1.29 is 9.59 Å². The molecule has 0 saturated carbocycles. The lowest BCUT2D eigenvalue weighted by Crippen LogP contribution is -2.31. The van der Waals surface area contributed by atoms with Gasteiger partial charge in [0.15, 0.2) is 0 Å². The van der Waals surface area contributed by atoms with Gasteiger partial charge in [0.1, 0.15) is 0 Å². The van der Waals surface area contributed by atoms with Crippen molar-refractivity contribution in [2.24, 2.45) is 0 Å². The van der Waals surface area contributed by atoms with Crippen LogP contribution in [0.4, 0.5) is 5.69 Å². The Morgan fingerprint density at radius 2 is 1.68 bits per heavy atom. The third-order valence-corrected chi connectivity index (χ3v) is 4.66. The maximum Gasteiger partial charge on any atom is 0.261 e. The Morgan fingerprint density at radius 1 is 1.00 bits per heavy atom. The van der Waals surface area contributed by atoms with Crippen LogP contribution >= 0.6 is 11.6 Å². The first-order chi connectivity index (χ1) is 10.7. The summed E-state index contributed by atoms with van der Waals surface area (Å²) in [6, 6.07) is 7.03. The molecule has 1 aliphatic heterocycles. The molecule has 0 fully saturated rings. The van der Waals surface area contributed by atoms with Crippen LogP contribution in [0.5, 0.6) is 0 Å². The van der Waals surface area contributed by atoms with Gasteiger partial charge in [-0.15, -0.1) is 0 Å². The Hall–Kier alpha value is -2.20. The molecular weight excluding hydrogens is 300 g/mol. The molecule has 0 bridgehead atoms. The third kappa shape index (κ3) is 1.80. The van der Waals surface area contributed by atoms with E-state index in [9.17, 15) is 9.59 Å². The number of pyridine rings is 1. The number of aromatic nitrogens is 1. The third-order valence-electron chi connectivity index (χ3n) is 4.33. The van der Waals surface area contributed by atoms with Crippen molar-refractivity contribution in [1.29, 1.82) is 0 Å². The fraction of sp³-hybridized carbons (Fsp3) is 0.235. The molecule has 1 aromatic carbocycles. The molecule has 0 radical (unpaired) electrons. The summed E-state index contributed by atoms with van der Waals surface area (Å²) in [6.45, 7) is 0. The number of rotatable bonds is 1. The van der Waals surface area contributed by atoms with Crippen LogP contribution in [0.25, 0.3) is 10.9 Å². The Morgan fingerprint density at radius 3 is 2.36 bits per heavy atom. The molecule has 1 aromatic heterocycles. The largest absolute Gasteiger partial charge is 0.269 e. The van der Waals surface area contributed by atoms with Crippen LogP contribution < -0.4 is 4.90 Å². The molecule has 0 unspecified atom stereocenters. The van der Waals surface area contributed by atoms with Crippen LogP contribution in [0, 0.1) is 0 Å². The molecule has 2 aliphatic rings. The highest BCUT2D eigenvalue weighted by molar-refractivity contribution is 6.38. The summed E-state index contributed by atoms with van der Waals surface area (Å²) in [7, 11) is 0. The second-order valence-electron chi connectivity index (χ2n) is 5.58. The lowest BCUT2D eigenvalue weighted by atomic mass is 9.93. The molecule has 0 atom stereocenters. The van der Waals surface area contributed by atoms with E-state index in [1.165, 1.54) is 4.90 Å². The van der Waals surface area contributed by atoms with Crippen LogP contribution in [0.2, 0.25) is 5.02 Å². The molecule has 4 rings (SSSR count). The summed E-state index contributed by atoms with van der Waals surface area (Å²) >= 11 is 6.19. The minimum absolute atomic E-state index is 0.200. The monoisotopic (exact) mass is 312 g/mol. The van der Waals surface area contributed by atoms with E-state index in [0.717, 1.165) is 18.2 Å². The smallest absolute Gasteiger partial charge is 0.261 e. The average molecular weight is 313 g/mol. The van der Waals surface area contributed by atoms with Crippen LogP contribution in [-0.2, 0) is 9.59 Å². The first-order valence-corrected chi connectivity index (χ1v) is 7.70. The van der Waals surface area contributed by atoms with Crippen molar-refractivity contribution in [2.45, 2.75) is 25.7 Å². The Labute approximate surface area is 132 Å². The van der Waals surface area contributed by atoms with Gasteiger partial charge in [0, 0.05) is 22.7 Å². The lowest BCUT2D eigenvalue weighted by molar-refractivity contribution is -0.120. The molecule has 0 saturated heterocycles.